The first-order valence-electron chi connectivity index (χ1n) is 5.72. The number of hydrogen-bond donors (Lipinski definition) is 1. The Balaban J connectivity index is 2.10. The van der Waals surface area contributed by atoms with Gasteiger partial charge in [0.1, 0.15) is 5.82 Å². The Labute approximate surface area is 102 Å². The molecule has 0 spiro atoms. The van der Waals surface area contributed by atoms with E-state index in [4.69, 9.17) is 0 Å². The van der Waals surface area contributed by atoms with Crippen LogP contribution in [0.3, 0.4) is 0 Å². The number of halogens is 1. The summed E-state index contributed by atoms with van der Waals surface area (Å²) in [6, 6.07) is 6.99. The van der Waals surface area contributed by atoms with Crippen molar-refractivity contribution in [1.29, 1.82) is 0 Å². The molecular weight excluding hydrogens is 221 g/mol. The summed E-state index contributed by atoms with van der Waals surface area (Å²) in [5, 5.41) is 3.37. The first kappa shape index (κ1) is 13.5. The number of benzene rings is 1. The highest BCUT2D eigenvalue weighted by Crippen LogP contribution is 2.14. The van der Waals surface area contributed by atoms with Gasteiger partial charge in [-0.15, -0.1) is 0 Å². The van der Waals surface area contributed by atoms with E-state index in [0.29, 0.717) is 5.92 Å². The fraction of sp³-hybridized carbons (Fsp3) is 0.538. The SMILES string of the molecule is CC(C)CNCCSCc1ccccc1F. The summed E-state index contributed by atoms with van der Waals surface area (Å²) in [5.41, 5.74) is 0.802. The predicted octanol–water partition coefficient (Wildman–Crippen LogP) is 3.30. The lowest BCUT2D eigenvalue weighted by Crippen LogP contribution is -2.22. The minimum Gasteiger partial charge on any atom is -0.316 e. The van der Waals surface area contributed by atoms with Gasteiger partial charge in [0.2, 0.25) is 0 Å². The third kappa shape index (κ3) is 5.52. The molecule has 0 unspecified atom stereocenters. The highest BCUT2D eigenvalue weighted by molar-refractivity contribution is 7.98. The van der Waals surface area contributed by atoms with E-state index in [9.17, 15) is 4.39 Å². The van der Waals surface area contributed by atoms with Crippen molar-refractivity contribution < 1.29 is 4.39 Å². The van der Waals surface area contributed by atoms with Crippen molar-refractivity contribution >= 4 is 11.8 Å². The van der Waals surface area contributed by atoms with Crippen LogP contribution in [-0.4, -0.2) is 18.8 Å². The van der Waals surface area contributed by atoms with E-state index in [-0.39, 0.29) is 5.82 Å². The second-order valence-electron chi connectivity index (χ2n) is 4.24. The molecule has 3 heteroatoms. The molecule has 0 atom stereocenters. The molecule has 1 aromatic rings. The maximum Gasteiger partial charge on any atom is 0.127 e. The third-order valence-electron chi connectivity index (χ3n) is 2.19. The molecule has 0 saturated carbocycles. The molecule has 0 aromatic heterocycles. The van der Waals surface area contributed by atoms with Gasteiger partial charge >= 0.3 is 0 Å². The second-order valence-corrected chi connectivity index (χ2v) is 5.35. The smallest absolute Gasteiger partial charge is 0.127 e. The van der Waals surface area contributed by atoms with Crippen molar-refractivity contribution in [1.82, 2.24) is 5.32 Å². The fourth-order valence-corrected chi connectivity index (χ4v) is 2.22. The van der Waals surface area contributed by atoms with E-state index in [1.807, 2.05) is 12.1 Å². The van der Waals surface area contributed by atoms with Crippen molar-refractivity contribution in [3.8, 4) is 0 Å². The molecule has 0 heterocycles. The third-order valence-corrected chi connectivity index (χ3v) is 3.20. The molecule has 0 saturated heterocycles. The van der Waals surface area contributed by atoms with Gasteiger partial charge in [0, 0.05) is 18.1 Å². The normalized spacial score (nSPS) is 11.0. The Morgan fingerprint density at radius 3 is 2.75 bits per heavy atom. The van der Waals surface area contributed by atoms with Crippen molar-refractivity contribution in [3.63, 3.8) is 0 Å². The van der Waals surface area contributed by atoms with Gasteiger partial charge in [-0.25, -0.2) is 4.39 Å². The number of nitrogens with one attached hydrogen (secondary N) is 1. The Morgan fingerprint density at radius 2 is 2.06 bits per heavy atom. The molecule has 1 rings (SSSR count). The lowest BCUT2D eigenvalue weighted by molar-refractivity contribution is 0.568. The fourth-order valence-electron chi connectivity index (χ4n) is 1.33. The minimum atomic E-state index is -0.0925. The average Bonchev–Trinajstić information content (AvgIpc) is 2.25. The Kier molecular flexibility index (Phi) is 6.50. The van der Waals surface area contributed by atoms with Gasteiger partial charge in [-0.1, -0.05) is 32.0 Å². The molecule has 0 fully saturated rings. The summed E-state index contributed by atoms with van der Waals surface area (Å²) in [6.45, 7) is 6.44. The van der Waals surface area contributed by atoms with E-state index >= 15 is 0 Å². The van der Waals surface area contributed by atoms with Crippen LogP contribution in [0.4, 0.5) is 4.39 Å². The number of thioether (sulfide) groups is 1. The lowest BCUT2D eigenvalue weighted by Gasteiger charge is -2.07. The van der Waals surface area contributed by atoms with Crippen molar-refractivity contribution in [2.75, 3.05) is 18.8 Å². The highest BCUT2D eigenvalue weighted by Gasteiger charge is 2.00. The molecule has 0 radical (unpaired) electrons. The van der Waals surface area contributed by atoms with Crippen LogP contribution < -0.4 is 5.32 Å². The van der Waals surface area contributed by atoms with E-state index in [1.54, 1.807) is 17.8 Å². The van der Waals surface area contributed by atoms with Crippen LogP contribution in [0.1, 0.15) is 19.4 Å². The summed E-state index contributed by atoms with van der Waals surface area (Å²) in [7, 11) is 0. The topological polar surface area (TPSA) is 12.0 Å². The molecule has 1 N–H and O–H groups in total. The molecule has 1 aromatic carbocycles. The van der Waals surface area contributed by atoms with Crippen LogP contribution >= 0.6 is 11.8 Å². The Morgan fingerprint density at radius 1 is 1.31 bits per heavy atom. The molecule has 1 nitrogen and oxygen atoms in total. The first-order chi connectivity index (χ1) is 7.70. The largest absolute Gasteiger partial charge is 0.316 e. The molecule has 90 valence electrons. The van der Waals surface area contributed by atoms with E-state index in [0.717, 1.165) is 30.2 Å². The Bertz CT molecular complexity index is 302. The minimum absolute atomic E-state index is 0.0925. The van der Waals surface area contributed by atoms with Crippen LogP contribution in [0.15, 0.2) is 24.3 Å². The highest BCUT2D eigenvalue weighted by atomic mass is 32.2. The van der Waals surface area contributed by atoms with Crippen LogP contribution in [0, 0.1) is 11.7 Å². The molecule has 0 aliphatic rings. The summed E-state index contributed by atoms with van der Waals surface area (Å²) in [6.07, 6.45) is 0. The Hall–Kier alpha value is -0.540. The van der Waals surface area contributed by atoms with Crippen LogP contribution in [0.25, 0.3) is 0 Å². The standard InChI is InChI=1S/C13H20FNS/c1-11(2)9-15-7-8-16-10-12-5-3-4-6-13(12)14/h3-6,11,15H,7-10H2,1-2H3. The van der Waals surface area contributed by atoms with E-state index < -0.39 is 0 Å². The van der Waals surface area contributed by atoms with E-state index in [2.05, 4.69) is 19.2 Å². The lowest BCUT2D eigenvalue weighted by atomic mass is 10.2. The first-order valence-corrected chi connectivity index (χ1v) is 6.87. The summed E-state index contributed by atoms with van der Waals surface area (Å²) < 4.78 is 13.2. The molecule has 0 amide bonds. The zero-order valence-corrected chi connectivity index (χ0v) is 10.8. The van der Waals surface area contributed by atoms with Crippen LogP contribution in [0.5, 0.6) is 0 Å². The summed E-state index contributed by atoms with van der Waals surface area (Å²) in [4.78, 5) is 0. The van der Waals surface area contributed by atoms with Gasteiger partial charge < -0.3 is 5.32 Å². The quantitative estimate of drug-likeness (QED) is 0.735. The van der Waals surface area contributed by atoms with Gasteiger partial charge in [-0.05, 0) is 24.1 Å². The van der Waals surface area contributed by atoms with E-state index in [1.165, 1.54) is 6.07 Å². The number of rotatable bonds is 7. The van der Waals surface area contributed by atoms with Gasteiger partial charge in [0.25, 0.3) is 0 Å². The van der Waals surface area contributed by atoms with Gasteiger partial charge in [-0.2, -0.15) is 11.8 Å². The van der Waals surface area contributed by atoms with Gasteiger partial charge in [0.15, 0.2) is 0 Å². The average molecular weight is 241 g/mol. The molecule has 0 bridgehead atoms. The molecule has 16 heavy (non-hydrogen) atoms. The number of hydrogen-bond acceptors (Lipinski definition) is 2. The monoisotopic (exact) mass is 241 g/mol. The van der Waals surface area contributed by atoms with Gasteiger partial charge in [0.05, 0.1) is 0 Å². The van der Waals surface area contributed by atoms with Crippen molar-refractivity contribution in [3.05, 3.63) is 35.6 Å². The zero-order valence-electron chi connectivity index (χ0n) is 10.0. The maximum atomic E-state index is 13.2. The van der Waals surface area contributed by atoms with Crippen LogP contribution in [0.2, 0.25) is 0 Å². The molecule has 0 aliphatic heterocycles. The summed E-state index contributed by atoms with van der Waals surface area (Å²) >= 11 is 1.77. The van der Waals surface area contributed by atoms with Gasteiger partial charge in [-0.3, -0.25) is 0 Å². The molecule has 0 aliphatic carbocycles. The second kappa shape index (κ2) is 7.69. The van der Waals surface area contributed by atoms with Crippen molar-refractivity contribution in [2.45, 2.75) is 19.6 Å². The summed E-state index contributed by atoms with van der Waals surface area (Å²) in [5.74, 6) is 2.39. The predicted molar refractivity (Wildman–Crippen MR) is 70.3 cm³/mol. The van der Waals surface area contributed by atoms with Crippen LogP contribution in [-0.2, 0) is 5.75 Å². The molecular formula is C13H20FNS. The maximum absolute atomic E-state index is 13.2. The van der Waals surface area contributed by atoms with Crippen molar-refractivity contribution in [2.24, 2.45) is 5.92 Å². The zero-order chi connectivity index (χ0) is 11.8.